The highest BCUT2D eigenvalue weighted by molar-refractivity contribution is 5.66. The molecule has 1 aromatic heterocycles. The van der Waals surface area contributed by atoms with Crippen molar-refractivity contribution in [2.75, 3.05) is 17.7 Å². The second kappa shape index (κ2) is 4.80. The first-order valence-electron chi connectivity index (χ1n) is 6.70. The van der Waals surface area contributed by atoms with E-state index in [1.54, 1.807) is 4.68 Å². The molecule has 0 aliphatic heterocycles. The predicted molar refractivity (Wildman–Crippen MR) is 73.6 cm³/mol. The number of nitrogen functional groups attached to an aromatic ring is 1. The van der Waals surface area contributed by atoms with Gasteiger partial charge in [-0.3, -0.25) is 4.68 Å². The third-order valence-electron chi connectivity index (χ3n) is 3.91. The molecule has 0 bridgehead atoms. The molecule has 0 atom stereocenters. The van der Waals surface area contributed by atoms with Crippen LogP contribution in [0.5, 0.6) is 0 Å². The lowest BCUT2D eigenvalue weighted by molar-refractivity contribution is 0.213. The zero-order chi connectivity index (χ0) is 13.3. The van der Waals surface area contributed by atoms with E-state index in [1.165, 1.54) is 0 Å². The summed E-state index contributed by atoms with van der Waals surface area (Å²) >= 11 is 0. The number of hydrogen-bond acceptors (Lipinski definition) is 4. The van der Waals surface area contributed by atoms with Gasteiger partial charge in [0.05, 0.1) is 23.5 Å². The Kier molecular flexibility index (Phi) is 3.52. The van der Waals surface area contributed by atoms with Gasteiger partial charge in [0.2, 0.25) is 0 Å². The largest absolute Gasteiger partial charge is 0.394 e. The standard InChI is InChI=1S/C13H24N4O/c1-9(2)11-10(14)12(17(3)16-11)15-13(8-18)6-4-5-7-13/h9,15,18H,4-8,14H2,1-3H3. The highest BCUT2D eigenvalue weighted by atomic mass is 16.3. The summed E-state index contributed by atoms with van der Waals surface area (Å²) in [6.45, 7) is 4.31. The van der Waals surface area contributed by atoms with Crippen LogP contribution < -0.4 is 11.1 Å². The van der Waals surface area contributed by atoms with Crippen LogP contribution in [0.4, 0.5) is 11.5 Å². The normalized spacial score (nSPS) is 18.5. The van der Waals surface area contributed by atoms with Gasteiger partial charge in [-0.1, -0.05) is 26.7 Å². The number of nitrogens with zero attached hydrogens (tertiary/aromatic N) is 2. The topological polar surface area (TPSA) is 76.1 Å². The molecule has 5 heteroatoms. The molecule has 1 aliphatic rings. The minimum Gasteiger partial charge on any atom is -0.394 e. The van der Waals surface area contributed by atoms with Crippen molar-refractivity contribution in [3.05, 3.63) is 5.69 Å². The van der Waals surface area contributed by atoms with Crippen molar-refractivity contribution in [3.8, 4) is 0 Å². The molecule has 1 fully saturated rings. The summed E-state index contributed by atoms with van der Waals surface area (Å²) in [5, 5.41) is 17.5. The maximum Gasteiger partial charge on any atom is 0.148 e. The van der Waals surface area contributed by atoms with Crippen molar-refractivity contribution in [3.63, 3.8) is 0 Å². The smallest absolute Gasteiger partial charge is 0.148 e. The van der Waals surface area contributed by atoms with Crippen molar-refractivity contribution in [2.24, 2.45) is 7.05 Å². The van der Waals surface area contributed by atoms with Crippen molar-refractivity contribution in [1.29, 1.82) is 0 Å². The highest BCUT2D eigenvalue weighted by Gasteiger charge is 2.34. The fraction of sp³-hybridized carbons (Fsp3) is 0.769. The van der Waals surface area contributed by atoms with Crippen molar-refractivity contribution in [1.82, 2.24) is 9.78 Å². The first-order chi connectivity index (χ1) is 8.49. The van der Waals surface area contributed by atoms with E-state index in [4.69, 9.17) is 5.73 Å². The maximum atomic E-state index is 9.64. The number of hydrogen-bond donors (Lipinski definition) is 3. The first kappa shape index (κ1) is 13.2. The average Bonchev–Trinajstić information content (AvgIpc) is 2.90. The molecule has 1 saturated carbocycles. The fourth-order valence-electron chi connectivity index (χ4n) is 2.76. The van der Waals surface area contributed by atoms with Crippen LogP contribution in [0.15, 0.2) is 0 Å². The summed E-state index contributed by atoms with van der Waals surface area (Å²) in [5.41, 5.74) is 7.59. The Balaban J connectivity index is 2.28. The number of nitrogens with one attached hydrogen (secondary N) is 1. The number of nitrogens with two attached hydrogens (primary N) is 1. The van der Waals surface area contributed by atoms with Crippen LogP contribution in [-0.2, 0) is 7.05 Å². The minimum atomic E-state index is -0.212. The molecule has 0 amide bonds. The Morgan fingerprint density at radius 1 is 1.44 bits per heavy atom. The molecule has 102 valence electrons. The third kappa shape index (κ3) is 2.19. The monoisotopic (exact) mass is 252 g/mol. The number of aryl methyl sites for hydroxylation is 1. The summed E-state index contributed by atoms with van der Waals surface area (Å²) < 4.78 is 1.79. The SMILES string of the molecule is CC(C)c1nn(C)c(NC2(CO)CCCC2)c1N. The van der Waals surface area contributed by atoms with Gasteiger partial charge >= 0.3 is 0 Å². The first-order valence-corrected chi connectivity index (χ1v) is 6.70. The van der Waals surface area contributed by atoms with Crippen molar-refractivity contribution < 1.29 is 5.11 Å². The third-order valence-corrected chi connectivity index (χ3v) is 3.91. The van der Waals surface area contributed by atoms with Gasteiger partial charge in [0.15, 0.2) is 0 Å². The lowest BCUT2D eigenvalue weighted by Gasteiger charge is -2.29. The van der Waals surface area contributed by atoms with E-state index < -0.39 is 0 Å². The molecular formula is C13H24N4O. The van der Waals surface area contributed by atoms with E-state index in [0.717, 1.165) is 37.2 Å². The van der Waals surface area contributed by atoms with Gasteiger partial charge in [-0.25, -0.2) is 0 Å². The van der Waals surface area contributed by atoms with Crippen LogP contribution in [0.1, 0.15) is 51.1 Å². The van der Waals surface area contributed by atoms with Crippen LogP contribution in [0.3, 0.4) is 0 Å². The minimum absolute atomic E-state index is 0.147. The predicted octanol–water partition coefficient (Wildman–Crippen LogP) is 1.84. The zero-order valence-corrected chi connectivity index (χ0v) is 11.5. The molecule has 4 N–H and O–H groups in total. The van der Waals surface area contributed by atoms with Crippen molar-refractivity contribution >= 4 is 11.5 Å². The van der Waals surface area contributed by atoms with Crippen LogP contribution >= 0.6 is 0 Å². The number of rotatable bonds is 4. The van der Waals surface area contributed by atoms with E-state index in [2.05, 4.69) is 24.3 Å². The van der Waals surface area contributed by atoms with Crippen LogP contribution in [-0.4, -0.2) is 27.0 Å². The number of anilines is 2. The van der Waals surface area contributed by atoms with Gasteiger partial charge in [-0.15, -0.1) is 0 Å². The van der Waals surface area contributed by atoms with Crippen LogP contribution in [0.25, 0.3) is 0 Å². The second-order valence-electron chi connectivity index (χ2n) is 5.70. The summed E-state index contributed by atoms with van der Waals surface area (Å²) in [7, 11) is 1.89. The lowest BCUT2D eigenvalue weighted by atomic mass is 9.99. The van der Waals surface area contributed by atoms with E-state index in [-0.39, 0.29) is 12.1 Å². The summed E-state index contributed by atoms with van der Waals surface area (Å²) in [6.07, 6.45) is 4.29. The van der Waals surface area contributed by atoms with E-state index in [1.807, 2.05) is 7.05 Å². The Bertz CT molecular complexity index is 419. The van der Waals surface area contributed by atoms with Gasteiger partial charge < -0.3 is 16.2 Å². The Labute approximate surface area is 108 Å². The Morgan fingerprint density at radius 2 is 2.06 bits per heavy atom. The molecule has 0 saturated heterocycles. The quantitative estimate of drug-likeness (QED) is 0.764. The Morgan fingerprint density at radius 3 is 2.50 bits per heavy atom. The second-order valence-corrected chi connectivity index (χ2v) is 5.70. The molecule has 5 nitrogen and oxygen atoms in total. The molecule has 0 spiro atoms. The molecule has 0 aromatic carbocycles. The fourth-order valence-corrected chi connectivity index (χ4v) is 2.76. The van der Waals surface area contributed by atoms with Crippen LogP contribution in [0.2, 0.25) is 0 Å². The number of aliphatic hydroxyl groups excluding tert-OH is 1. The molecule has 1 aliphatic carbocycles. The lowest BCUT2D eigenvalue weighted by Crippen LogP contribution is -2.39. The zero-order valence-electron chi connectivity index (χ0n) is 11.5. The highest BCUT2D eigenvalue weighted by Crippen LogP contribution is 2.36. The number of aliphatic hydroxyl groups is 1. The van der Waals surface area contributed by atoms with E-state index in [0.29, 0.717) is 11.6 Å². The van der Waals surface area contributed by atoms with Gasteiger partial charge in [0.1, 0.15) is 5.82 Å². The molecule has 1 heterocycles. The van der Waals surface area contributed by atoms with Gasteiger partial charge in [0.25, 0.3) is 0 Å². The van der Waals surface area contributed by atoms with Gasteiger partial charge in [0, 0.05) is 7.05 Å². The molecule has 0 unspecified atom stereocenters. The molecule has 0 radical (unpaired) electrons. The van der Waals surface area contributed by atoms with Crippen LogP contribution in [0, 0.1) is 0 Å². The summed E-state index contributed by atoms with van der Waals surface area (Å²) in [5.74, 6) is 1.15. The van der Waals surface area contributed by atoms with E-state index >= 15 is 0 Å². The molecule has 2 rings (SSSR count). The maximum absolute atomic E-state index is 9.64. The summed E-state index contributed by atoms with van der Waals surface area (Å²) in [4.78, 5) is 0. The average molecular weight is 252 g/mol. The Hall–Kier alpha value is -1.23. The molecule has 1 aromatic rings. The molecule has 18 heavy (non-hydrogen) atoms. The molecular weight excluding hydrogens is 228 g/mol. The van der Waals surface area contributed by atoms with Gasteiger partial charge in [-0.05, 0) is 18.8 Å². The number of aromatic nitrogens is 2. The summed E-state index contributed by atoms with van der Waals surface area (Å²) in [6, 6.07) is 0. The van der Waals surface area contributed by atoms with E-state index in [9.17, 15) is 5.11 Å². The van der Waals surface area contributed by atoms with Crippen molar-refractivity contribution in [2.45, 2.75) is 51.0 Å². The van der Waals surface area contributed by atoms with Gasteiger partial charge in [-0.2, -0.15) is 5.10 Å².